The van der Waals surface area contributed by atoms with Crippen molar-refractivity contribution in [1.29, 1.82) is 0 Å². The summed E-state index contributed by atoms with van der Waals surface area (Å²) in [6.07, 6.45) is -1.38. The van der Waals surface area contributed by atoms with E-state index in [0.29, 0.717) is 5.46 Å². The van der Waals surface area contributed by atoms with Gasteiger partial charge in [0.05, 0.1) is 16.2 Å². The summed E-state index contributed by atoms with van der Waals surface area (Å²) in [6.45, 7) is 7.65. The lowest BCUT2D eigenvalue weighted by atomic mass is 9.80. The monoisotopic (exact) mass is 289 g/mol. The molecule has 0 atom stereocenters. The lowest BCUT2D eigenvalue weighted by molar-refractivity contribution is 0.00578. The number of halogens is 3. The van der Waals surface area contributed by atoms with E-state index in [9.17, 15) is 8.78 Å². The molecule has 7 heteroatoms. The maximum absolute atomic E-state index is 12.6. The molecule has 19 heavy (non-hydrogen) atoms. The number of aromatic nitrogens is 1. The third-order valence-electron chi connectivity index (χ3n) is 3.62. The molecule has 0 radical (unpaired) electrons. The largest absolute Gasteiger partial charge is 0.496 e. The molecule has 2 heterocycles. The summed E-state index contributed by atoms with van der Waals surface area (Å²) in [4.78, 5) is 3.68. The first-order valence-corrected chi connectivity index (χ1v) is 6.31. The average Bonchev–Trinajstić information content (AvgIpc) is 2.47. The zero-order valence-electron chi connectivity index (χ0n) is 11.2. The highest BCUT2D eigenvalue weighted by Gasteiger charge is 2.51. The van der Waals surface area contributed by atoms with Gasteiger partial charge in [-0.1, -0.05) is 11.6 Å². The molecule has 1 aromatic heterocycles. The van der Waals surface area contributed by atoms with E-state index in [-0.39, 0.29) is 5.02 Å². The van der Waals surface area contributed by atoms with Crippen LogP contribution in [0.5, 0.6) is 0 Å². The predicted octanol–water partition coefficient (Wildman–Crippen LogP) is 2.97. The van der Waals surface area contributed by atoms with Crippen LogP contribution < -0.4 is 5.46 Å². The fourth-order valence-corrected chi connectivity index (χ4v) is 1.99. The minimum atomic E-state index is -2.69. The Morgan fingerprint density at radius 3 is 2.16 bits per heavy atom. The normalized spacial score (nSPS) is 21.2. The third-order valence-corrected chi connectivity index (χ3v) is 3.93. The first-order valence-electron chi connectivity index (χ1n) is 5.93. The maximum Gasteiger partial charge on any atom is 0.496 e. The number of pyridine rings is 1. The molecule has 0 spiro atoms. The first kappa shape index (κ1) is 14.7. The van der Waals surface area contributed by atoms with Crippen molar-refractivity contribution < 1.29 is 18.1 Å². The highest BCUT2D eigenvalue weighted by Crippen LogP contribution is 2.36. The van der Waals surface area contributed by atoms with Gasteiger partial charge in [0.15, 0.2) is 0 Å². The Labute approximate surface area is 116 Å². The molecule has 1 aliphatic heterocycles. The molecule has 2 rings (SSSR count). The standard InChI is InChI=1S/C12H15BClF2NO2/c1-11(2)12(3,4)19-13(18-11)7-5-8(14)9(10(15)16)17-6-7/h5-6,10H,1-4H3. The van der Waals surface area contributed by atoms with Crippen LogP contribution in [-0.4, -0.2) is 23.3 Å². The van der Waals surface area contributed by atoms with Crippen molar-refractivity contribution in [3.63, 3.8) is 0 Å². The van der Waals surface area contributed by atoms with Crippen LogP contribution in [0, 0.1) is 0 Å². The van der Waals surface area contributed by atoms with Gasteiger partial charge in [0.1, 0.15) is 5.69 Å². The zero-order chi connectivity index (χ0) is 14.4. The van der Waals surface area contributed by atoms with Gasteiger partial charge >= 0.3 is 7.12 Å². The summed E-state index contributed by atoms with van der Waals surface area (Å²) < 4.78 is 36.7. The number of rotatable bonds is 2. The van der Waals surface area contributed by atoms with Crippen molar-refractivity contribution >= 4 is 24.2 Å². The van der Waals surface area contributed by atoms with Gasteiger partial charge in [-0.3, -0.25) is 4.98 Å². The van der Waals surface area contributed by atoms with Gasteiger partial charge in [-0.05, 0) is 33.8 Å². The summed E-state index contributed by atoms with van der Waals surface area (Å²) in [5, 5.41) is -0.0813. The molecule has 0 aromatic carbocycles. The van der Waals surface area contributed by atoms with Crippen LogP contribution in [-0.2, 0) is 9.31 Å². The van der Waals surface area contributed by atoms with Gasteiger partial charge in [-0.2, -0.15) is 0 Å². The fourth-order valence-electron chi connectivity index (χ4n) is 1.73. The van der Waals surface area contributed by atoms with Crippen LogP contribution in [0.15, 0.2) is 12.3 Å². The second-order valence-corrected chi connectivity index (χ2v) is 5.93. The lowest BCUT2D eigenvalue weighted by Crippen LogP contribution is -2.41. The van der Waals surface area contributed by atoms with Crippen molar-refractivity contribution in [2.45, 2.75) is 45.3 Å². The average molecular weight is 290 g/mol. The Morgan fingerprint density at radius 1 is 1.21 bits per heavy atom. The molecule has 1 fully saturated rings. The van der Waals surface area contributed by atoms with Crippen LogP contribution in [0.4, 0.5) is 8.78 Å². The van der Waals surface area contributed by atoms with E-state index in [2.05, 4.69) is 4.98 Å². The molecule has 0 unspecified atom stereocenters. The van der Waals surface area contributed by atoms with Crippen LogP contribution in [0.25, 0.3) is 0 Å². The Balaban J connectivity index is 2.28. The molecule has 104 valence electrons. The van der Waals surface area contributed by atoms with Gasteiger partial charge in [0.2, 0.25) is 0 Å². The maximum atomic E-state index is 12.6. The van der Waals surface area contributed by atoms with Crippen molar-refractivity contribution in [3.8, 4) is 0 Å². The fraction of sp³-hybridized carbons (Fsp3) is 0.583. The molecule has 0 bridgehead atoms. The Kier molecular flexibility index (Phi) is 3.62. The van der Waals surface area contributed by atoms with Gasteiger partial charge in [0, 0.05) is 11.7 Å². The first-order chi connectivity index (χ1) is 8.64. The molecule has 0 amide bonds. The smallest absolute Gasteiger partial charge is 0.399 e. The van der Waals surface area contributed by atoms with E-state index in [4.69, 9.17) is 20.9 Å². The van der Waals surface area contributed by atoms with E-state index < -0.39 is 30.4 Å². The molecular weight excluding hydrogens is 274 g/mol. The molecule has 0 saturated carbocycles. The summed E-state index contributed by atoms with van der Waals surface area (Å²) in [6, 6.07) is 1.41. The summed E-state index contributed by atoms with van der Waals surface area (Å²) in [5.41, 5.74) is -0.883. The molecular formula is C12H15BClF2NO2. The van der Waals surface area contributed by atoms with Crippen molar-refractivity contribution in [2.75, 3.05) is 0 Å². The number of hydrogen-bond donors (Lipinski definition) is 0. The minimum Gasteiger partial charge on any atom is -0.399 e. The molecule has 0 N–H and O–H groups in total. The Bertz CT molecular complexity index is 481. The van der Waals surface area contributed by atoms with Crippen LogP contribution in [0.1, 0.15) is 39.8 Å². The van der Waals surface area contributed by atoms with E-state index in [0.717, 1.165) is 0 Å². The van der Waals surface area contributed by atoms with Crippen molar-refractivity contribution in [3.05, 3.63) is 23.0 Å². The van der Waals surface area contributed by atoms with Crippen molar-refractivity contribution in [2.24, 2.45) is 0 Å². The van der Waals surface area contributed by atoms with Crippen LogP contribution in [0.3, 0.4) is 0 Å². The van der Waals surface area contributed by atoms with Gasteiger partial charge < -0.3 is 9.31 Å². The van der Waals surface area contributed by atoms with Gasteiger partial charge in [0.25, 0.3) is 6.43 Å². The van der Waals surface area contributed by atoms with Gasteiger partial charge in [-0.15, -0.1) is 0 Å². The second kappa shape index (κ2) is 4.68. The quantitative estimate of drug-likeness (QED) is 0.784. The predicted molar refractivity (Wildman–Crippen MR) is 69.9 cm³/mol. The number of nitrogens with zero attached hydrogens (tertiary/aromatic N) is 1. The van der Waals surface area contributed by atoms with E-state index in [1.54, 1.807) is 0 Å². The molecule has 0 aliphatic carbocycles. The topological polar surface area (TPSA) is 31.4 Å². The molecule has 1 saturated heterocycles. The molecule has 1 aliphatic rings. The second-order valence-electron chi connectivity index (χ2n) is 5.52. The Morgan fingerprint density at radius 2 is 1.74 bits per heavy atom. The number of alkyl halides is 2. The summed E-state index contributed by atoms with van der Waals surface area (Å²) in [5.74, 6) is 0. The molecule has 3 nitrogen and oxygen atoms in total. The zero-order valence-corrected chi connectivity index (χ0v) is 12.0. The third kappa shape index (κ3) is 2.62. The highest BCUT2D eigenvalue weighted by molar-refractivity contribution is 6.62. The Hall–Kier alpha value is -0.715. The highest BCUT2D eigenvalue weighted by atomic mass is 35.5. The SMILES string of the molecule is CC1(C)OB(c2cnc(C(F)F)c(Cl)c2)OC1(C)C. The number of hydrogen-bond acceptors (Lipinski definition) is 3. The minimum absolute atomic E-state index is 0.0813. The lowest BCUT2D eigenvalue weighted by Gasteiger charge is -2.32. The van der Waals surface area contributed by atoms with Crippen LogP contribution >= 0.6 is 11.6 Å². The van der Waals surface area contributed by atoms with E-state index in [1.807, 2.05) is 27.7 Å². The summed E-state index contributed by atoms with van der Waals surface area (Å²) in [7, 11) is -0.651. The van der Waals surface area contributed by atoms with Gasteiger partial charge in [-0.25, -0.2) is 8.78 Å². The van der Waals surface area contributed by atoms with E-state index in [1.165, 1.54) is 12.3 Å². The summed E-state index contributed by atoms with van der Waals surface area (Å²) >= 11 is 5.79. The van der Waals surface area contributed by atoms with E-state index >= 15 is 0 Å². The van der Waals surface area contributed by atoms with Crippen LogP contribution in [0.2, 0.25) is 5.02 Å². The van der Waals surface area contributed by atoms with Crippen molar-refractivity contribution in [1.82, 2.24) is 4.98 Å². The molecule has 1 aromatic rings.